The maximum absolute atomic E-state index is 12.1. The molecule has 4 nitrogen and oxygen atoms in total. The van der Waals surface area contributed by atoms with E-state index in [1.807, 2.05) is 13.8 Å². The van der Waals surface area contributed by atoms with E-state index in [1.165, 1.54) is 25.8 Å². The fourth-order valence-electron chi connectivity index (χ4n) is 2.65. The molecular weight excluding hydrogens is 226 g/mol. The second-order valence-corrected chi connectivity index (χ2v) is 6.21. The van der Waals surface area contributed by atoms with Crippen LogP contribution in [-0.4, -0.2) is 43.0 Å². The van der Waals surface area contributed by atoms with Gasteiger partial charge in [-0.1, -0.05) is 6.92 Å². The number of rotatable bonds is 6. The molecule has 2 fully saturated rings. The van der Waals surface area contributed by atoms with Gasteiger partial charge in [0.25, 0.3) is 0 Å². The van der Waals surface area contributed by atoms with Gasteiger partial charge >= 0.3 is 0 Å². The van der Waals surface area contributed by atoms with Gasteiger partial charge in [0.1, 0.15) is 0 Å². The molecule has 18 heavy (non-hydrogen) atoms. The zero-order valence-electron chi connectivity index (χ0n) is 11.7. The predicted molar refractivity (Wildman–Crippen MR) is 73.2 cm³/mol. The van der Waals surface area contributed by atoms with Gasteiger partial charge in [0.15, 0.2) is 0 Å². The standard InChI is InChI=1S/C14H27N3O/c1-3-14(2,10-15)13(18)16-8-11-6-7-17(9-11)12-4-5-12/h11-12H,3-10,15H2,1-2H3,(H,16,18). The Balaban J connectivity index is 1.73. The van der Waals surface area contributed by atoms with Crippen LogP contribution in [0.15, 0.2) is 0 Å². The van der Waals surface area contributed by atoms with Gasteiger partial charge in [0, 0.05) is 25.7 Å². The van der Waals surface area contributed by atoms with Crippen molar-refractivity contribution in [2.24, 2.45) is 17.1 Å². The summed E-state index contributed by atoms with van der Waals surface area (Å²) in [6.45, 7) is 7.60. The number of nitrogens with zero attached hydrogens (tertiary/aromatic N) is 1. The first-order valence-corrected chi connectivity index (χ1v) is 7.31. The summed E-state index contributed by atoms with van der Waals surface area (Å²) >= 11 is 0. The van der Waals surface area contributed by atoms with Crippen LogP contribution in [0, 0.1) is 11.3 Å². The van der Waals surface area contributed by atoms with Gasteiger partial charge in [-0.15, -0.1) is 0 Å². The molecule has 0 spiro atoms. The maximum Gasteiger partial charge on any atom is 0.227 e. The van der Waals surface area contributed by atoms with E-state index >= 15 is 0 Å². The highest BCUT2D eigenvalue weighted by molar-refractivity contribution is 5.82. The van der Waals surface area contributed by atoms with Gasteiger partial charge in [-0.05, 0) is 45.1 Å². The molecule has 1 saturated carbocycles. The van der Waals surface area contributed by atoms with Crippen LogP contribution in [0.5, 0.6) is 0 Å². The molecule has 1 aliphatic carbocycles. The molecule has 4 heteroatoms. The van der Waals surface area contributed by atoms with Gasteiger partial charge in [-0.25, -0.2) is 0 Å². The van der Waals surface area contributed by atoms with Crippen molar-refractivity contribution in [3.05, 3.63) is 0 Å². The minimum Gasteiger partial charge on any atom is -0.355 e. The molecular formula is C14H27N3O. The zero-order chi connectivity index (χ0) is 13.2. The average Bonchev–Trinajstić information content (AvgIpc) is 3.14. The van der Waals surface area contributed by atoms with Crippen LogP contribution in [0.3, 0.4) is 0 Å². The minimum atomic E-state index is -0.394. The fraction of sp³-hybridized carbons (Fsp3) is 0.929. The van der Waals surface area contributed by atoms with E-state index in [2.05, 4.69) is 10.2 Å². The van der Waals surface area contributed by atoms with E-state index in [4.69, 9.17) is 5.73 Å². The van der Waals surface area contributed by atoms with E-state index in [9.17, 15) is 4.79 Å². The normalized spacial score (nSPS) is 28.1. The molecule has 2 atom stereocenters. The number of carbonyl (C=O) groups excluding carboxylic acids is 1. The van der Waals surface area contributed by atoms with E-state index in [-0.39, 0.29) is 5.91 Å². The van der Waals surface area contributed by atoms with E-state index in [1.54, 1.807) is 0 Å². The van der Waals surface area contributed by atoms with Crippen molar-refractivity contribution in [3.63, 3.8) is 0 Å². The molecule has 1 saturated heterocycles. The molecule has 0 aromatic heterocycles. The summed E-state index contributed by atoms with van der Waals surface area (Å²) in [7, 11) is 0. The molecule has 1 aliphatic heterocycles. The third-order valence-electron chi connectivity index (χ3n) is 4.71. The molecule has 3 N–H and O–H groups in total. The van der Waals surface area contributed by atoms with Gasteiger partial charge in [0.05, 0.1) is 5.41 Å². The van der Waals surface area contributed by atoms with Gasteiger partial charge in [0.2, 0.25) is 5.91 Å². The predicted octanol–water partition coefficient (Wildman–Crippen LogP) is 0.962. The Hall–Kier alpha value is -0.610. The number of amides is 1. The topological polar surface area (TPSA) is 58.4 Å². The van der Waals surface area contributed by atoms with E-state index in [0.717, 1.165) is 25.6 Å². The van der Waals surface area contributed by atoms with Crippen molar-refractivity contribution in [3.8, 4) is 0 Å². The Morgan fingerprint density at radius 1 is 1.44 bits per heavy atom. The summed E-state index contributed by atoms with van der Waals surface area (Å²) in [6, 6.07) is 0.857. The Bertz CT molecular complexity index is 297. The molecule has 1 heterocycles. The summed E-state index contributed by atoms with van der Waals surface area (Å²) in [5.41, 5.74) is 5.31. The highest BCUT2D eigenvalue weighted by Crippen LogP contribution is 2.31. The van der Waals surface area contributed by atoms with Crippen LogP contribution in [0.2, 0.25) is 0 Å². The van der Waals surface area contributed by atoms with Crippen LogP contribution in [0.4, 0.5) is 0 Å². The van der Waals surface area contributed by atoms with Crippen molar-refractivity contribution < 1.29 is 4.79 Å². The molecule has 2 aliphatic rings. The number of hydrogen-bond acceptors (Lipinski definition) is 3. The highest BCUT2D eigenvalue weighted by Gasteiger charge is 2.35. The Kier molecular flexibility index (Phi) is 4.28. The van der Waals surface area contributed by atoms with Crippen LogP contribution in [0.1, 0.15) is 39.5 Å². The zero-order valence-corrected chi connectivity index (χ0v) is 11.7. The van der Waals surface area contributed by atoms with E-state index < -0.39 is 5.41 Å². The largest absolute Gasteiger partial charge is 0.355 e. The molecule has 0 radical (unpaired) electrons. The summed E-state index contributed by atoms with van der Waals surface area (Å²) in [4.78, 5) is 14.7. The lowest BCUT2D eigenvalue weighted by molar-refractivity contribution is -0.130. The summed E-state index contributed by atoms with van der Waals surface area (Å²) in [5.74, 6) is 0.755. The Labute approximate surface area is 110 Å². The van der Waals surface area contributed by atoms with Crippen molar-refractivity contribution in [2.45, 2.75) is 45.6 Å². The first kappa shape index (κ1) is 13.8. The smallest absolute Gasteiger partial charge is 0.227 e. The molecule has 1 amide bonds. The first-order chi connectivity index (χ1) is 8.59. The van der Waals surface area contributed by atoms with Crippen LogP contribution in [-0.2, 0) is 4.79 Å². The van der Waals surface area contributed by atoms with Crippen molar-refractivity contribution in [2.75, 3.05) is 26.2 Å². The van der Waals surface area contributed by atoms with Crippen molar-refractivity contribution >= 4 is 5.91 Å². The van der Waals surface area contributed by atoms with Gasteiger partial charge in [-0.2, -0.15) is 0 Å². The number of nitrogens with two attached hydrogens (primary N) is 1. The summed E-state index contributed by atoms with van der Waals surface area (Å²) < 4.78 is 0. The summed E-state index contributed by atoms with van der Waals surface area (Å²) in [5, 5.41) is 3.10. The highest BCUT2D eigenvalue weighted by atomic mass is 16.2. The third-order valence-corrected chi connectivity index (χ3v) is 4.71. The van der Waals surface area contributed by atoms with Crippen LogP contribution < -0.4 is 11.1 Å². The molecule has 0 aromatic carbocycles. The second kappa shape index (κ2) is 5.57. The molecule has 0 aromatic rings. The molecule has 2 rings (SSSR count). The fourth-order valence-corrected chi connectivity index (χ4v) is 2.65. The van der Waals surface area contributed by atoms with Crippen LogP contribution in [0.25, 0.3) is 0 Å². The first-order valence-electron chi connectivity index (χ1n) is 7.31. The van der Waals surface area contributed by atoms with Gasteiger partial charge in [-0.3, -0.25) is 4.79 Å². The lowest BCUT2D eigenvalue weighted by Gasteiger charge is -2.26. The average molecular weight is 253 g/mol. The van der Waals surface area contributed by atoms with Crippen LogP contribution >= 0.6 is 0 Å². The monoisotopic (exact) mass is 253 g/mol. The Morgan fingerprint density at radius 3 is 2.72 bits per heavy atom. The SMILES string of the molecule is CCC(C)(CN)C(=O)NCC1CCN(C2CC2)C1. The lowest BCUT2D eigenvalue weighted by atomic mass is 9.86. The number of carbonyl (C=O) groups is 1. The number of likely N-dealkylation sites (tertiary alicyclic amines) is 1. The minimum absolute atomic E-state index is 0.123. The molecule has 0 bridgehead atoms. The number of nitrogens with one attached hydrogen (secondary N) is 1. The van der Waals surface area contributed by atoms with Crippen molar-refractivity contribution in [1.82, 2.24) is 10.2 Å². The van der Waals surface area contributed by atoms with Crippen molar-refractivity contribution in [1.29, 1.82) is 0 Å². The Morgan fingerprint density at radius 2 is 2.17 bits per heavy atom. The lowest BCUT2D eigenvalue weighted by Crippen LogP contribution is -2.45. The number of hydrogen-bond donors (Lipinski definition) is 2. The summed E-state index contributed by atoms with van der Waals surface area (Å²) in [6.07, 6.45) is 4.77. The van der Waals surface area contributed by atoms with Gasteiger partial charge < -0.3 is 16.0 Å². The third kappa shape index (κ3) is 3.04. The second-order valence-electron chi connectivity index (χ2n) is 6.21. The molecule has 2 unspecified atom stereocenters. The maximum atomic E-state index is 12.1. The molecule has 104 valence electrons. The quantitative estimate of drug-likeness (QED) is 0.741. The van der Waals surface area contributed by atoms with E-state index in [0.29, 0.717) is 12.5 Å².